The summed E-state index contributed by atoms with van der Waals surface area (Å²) < 4.78 is 13.6. The van der Waals surface area contributed by atoms with E-state index in [9.17, 15) is 4.39 Å². The number of nitrogens with one attached hydrogen (secondary N) is 1. The predicted molar refractivity (Wildman–Crippen MR) is 70.1 cm³/mol. The minimum Gasteiger partial charge on any atom is -0.372 e. The third-order valence-electron chi connectivity index (χ3n) is 2.62. The van der Waals surface area contributed by atoms with Crippen LogP contribution in [0.15, 0.2) is 36.7 Å². The van der Waals surface area contributed by atoms with Crippen molar-refractivity contribution in [2.75, 3.05) is 24.3 Å². The lowest BCUT2D eigenvalue weighted by Crippen LogP contribution is -2.18. The van der Waals surface area contributed by atoms with Gasteiger partial charge in [0, 0.05) is 14.1 Å². The Balaban J connectivity index is 2.11. The Labute approximate surface area is 105 Å². The van der Waals surface area contributed by atoms with Crippen LogP contribution in [0.3, 0.4) is 0 Å². The number of halogens is 1. The van der Waals surface area contributed by atoms with Crippen LogP contribution >= 0.6 is 0 Å². The Hall–Kier alpha value is -2.17. The van der Waals surface area contributed by atoms with Crippen LogP contribution in [-0.4, -0.2) is 24.1 Å². The standard InChI is InChI=1S/C13H15FN4/c1-15-13-8-16-10(7-17-13)9-18(2)12-6-4-3-5-11(12)14/h3-8H,9H2,1-2H3,(H,15,17). The average molecular weight is 246 g/mol. The van der Waals surface area contributed by atoms with Crippen LogP contribution < -0.4 is 10.2 Å². The monoisotopic (exact) mass is 246 g/mol. The van der Waals surface area contributed by atoms with Gasteiger partial charge in [0.15, 0.2) is 0 Å². The van der Waals surface area contributed by atoms with E-state index in [1.54, 1.807) is 36.5 Å². The van der Waals surface area contributed by atoms with Crippen LogP contribution in [0.25, 0.3) is 0 Å². The zero-order valence-electron chi connectivity index (χ0n) is 10.4. The number of hydrogen-bond donors (Lipinski definition) is 1. The summed E-state index contributed by atoms with van der Waals surface area (Å²) in [5, 5.41) is 2.90. The summed E-state index contributed by atoms with van der Waals surface area (Å²) in [6.45, 7) is 0.512. The number of nitrogens with zero attached hydrogens (tertiary/aromatic N) is 3. The van der Waals surface area contributed by atoms with Crippen LogP contribution in [0.1, 0.15) is 5.69 Å². The molecule has 0 aliphatic carbocycles. The van der Waals surface area contributed by atoms with Crippen molar-refractivity contribution in [1.29, 1.82) is 0 Å². The molecule has 1 N–H and O–H groups in total. The van der Waals surface area contributed by atoms with E-state index in [4.69, 9.17) is 0 Å². The first-order valence-corrected chi connectivity index (χ1v) is 5.65. The molecule has 0 fully saturated rings. The van der Waals surface area contributed by atoms with Gasteiger partial charge >= 0.3 is 0 Å². The summed E-state index contributed by atoms with van der Waals surface area (Å²) in [5.74, 6) is 0.479. The minimum absolute atomic E-state index is 0.236. The molecule has 2 rings (SSSR count). The van der Waals surface area contributed by atoms with Crippen molar-refractivity contribution in [3.8, 4) is 0 Å². The van der Waals surface area contributed by atoms with Crippen LogP contribution in [0, 0.1) is 5.82 Å². The Kier molecular flexibility index (Phi) is 3.72. The molecule has 0 aliphatic heterocycles. The van der Waals surface area contributed by atoms with Crippen molar-refractivity contribution in [1.82, 2.24) is 9.97 Å². The second-order valence-electron chi connectivity index (χ2n) is 3.95. The molecule has 0 atom stereocenters. The summed E-state index contributed by atoms with van der Waals surface area (Å²) in [4.78, 5) is 10.2. The molecule has 0 spiro atoms. The van der Waals surface area contributed by atoms with E-state index in [2.05, 4.69) is 15.3 Å². The third-order valence-corrected chi connectivity index (χ3v) is 2.62. The maximum atomic E-state index is 13.6. The number of hydrogen-bond acceptors (Lipinski definition) is 4. The van der Waals surface area contributed by atoms with E-state index in [0.717, 1.165) is 5.69 Å². The van der Waals surface area contributed by atoms with E-state index in [1.807, 2.05) is 13.1 Å². The highest BCUT2D eigenvalue weighted by molar-refractivity contribution is 5.47. The Bertz CT molecular complexity index is 513. The lowest BCUT2D eigenvalue weighted by molar-refractivity contribution is 0.621. The molecule has 1 aromatic carbocycles. The van der Waals surface area contributed by atoms with Crippen molar-refractivity contribution in [3.05, 3.63) is 48.2 Å². The summed E-state index contributed by atoms with van der Waals surface area (Å²) in [7, 11) is 3.61. The predicted octanol–water partition coefficient (Wildman–Crippen LogP) is 2.29. The molecule has 2 aromatic rings. The smallest absolute Gasteiger partial charge is 0.146 e. The topological polar surface area (TPSA) is 41.1 Å². The van der Waals surface area contributed by atoms with Gasteiger partial charge in [-0.15, -0.1) is 0 Å². The van der Waals surface area contributed by atoms with Gasteiger partial charge in [0.05, 0.1) is 30.3 Å². The first-order chi connectivity index (χ1) is 8.70. The van der Waals surface area contributed by atoms with Gasteiger partial charge in [0.2, 0.25) is 0 Å². The maximum Gasteiger partial charge on any atom is 0.146 e. The average Bonchev–Trinajstić information content (AvgIpc) is 2.40. The molecule has 0 aliphatic rings. The van der Waals surface area contributed by atoms with Crippen molar-refractivity contribution in [2.45, 2.75) is 6.54 Å². The van der Waals surface area contributed by atoms with Crippen molar-refractivity contribution in [2.24, 2.45) is 0 Å². The number of para-hydroxylation sites is 1. The number of benzene rings is 1. The van der Waals surface area contributed by atoms with E-state index in [1.165, 1.54) is 6.07 Å². The molecule has 18 heavy (non-hydrogen) atoms. The van der Waals surface area contributed by atoms with Gasteiger partial charge in [-0.1, -0.05) is 12.1 Å². The number of aromatic nitrogens is 2. The Morgan fingerprint density at radius 2 is 2.00 bits per heavy atom. The second kappa shape index (κ2) is 5.44. The Morgan fingerprint density at radius 1 is 1.22 bits per heavy atom. The fraction of sp³-hybridized carbons (Fsp3) is 0.231. The van der Waals surface area contributed by atoms with Gasteiger partial charge in [-0.05, 0) is 12.1 Å². The first-order valence-electron chi connectivity index (χ1n) is 5.65. The second-order valence-corrected chi connectivity index (χ2v) is 3.95. The largest absolute Gasteiger partial charge is 0.372 e. The summed E-state index contributed by atoms with van der Waals surface area (Å²) in [5.41, 5.74) is 1.34. The number of rotatable bonds is 4. The third kappa shape index (κ3) is 2.74. The van der Waals surface area contributed by atoms with Crippen LogP contribution in [0.2, 0.25) is 0 Å². The van der Waals surface area contributed by atoms with Gasteiger partial charge in [-0.3, -0.25) is 4.98 Å². The van der Waals surface area contributed by atoms with E-state index in [-0.39, 0.29) is 5.82 Å². The van der Waals surface area contributed by atoms with Crippen molar-refractivity contribution in [3.63, 3.8) is 0 Å². The van der Waals surface area contributed by atoms with Gasteiger partial charge in [0.25, 0.3) is 0 Å². The summed E-state index contributed by atoms with van der Waals surface area (Å²) >= 11 is 0. The van der Waals surface area contributed by atoms with Crippen LogP contribution in [-0.2, 0) is 6.54 Å². The molecular formula is C13H15FN4. The molecule has 4 nitrogen and oxygen atoms in total. The van der Waals surface area contributed by atoms with E-state index < -0.39 is 0 Å². The molecular weight excluding hydrogens is 231 g/mol. The van der Waals surface area contributed by atoms with E-state index >= 15 is 0 Å². The van der Waals surface area contributed by atoms with Gasteiger partial charge < -0.3 is 10.2 Å². The first kappa shape index (κ1) is 12.3. The zero-order chi connectivity index (χ0) is 13.0. The molecule has 0 amide bonds. The molecule has 94 valence electrons. The molecule has 0 saturated heterocycles. The van der Waals surface area contributed by atoms with E-state index in [0.29, 0.717) is 18.1 Å². The van der Waals surface area contributed by atoms with Gasteiger partial charge in [-0.25, -0.2) is 9.37 Å². The highest BCUT2D eigenvalue weighted by Gasteiger charge is 2.07. The number of anilines is 2. The summed E-state index contributed by atoms with van der Waals surface area (Å²) in [6, 6.07) is 6.67. The lowest BCUT2D eigenvalue weighted by Gasteiger charge is -2.19. The molecule has 1 heterocycles. The molecule has 0 bridgehead atoms. The quantitative estimate of drug-likeness (QED) is 0.898. The molecule has 0 radical (unpaired) electrons. The zero-order valence-corrected chi connectivity index (χ0v) is 10.4. The fourth-order valence-electron chi connectivity index (χ4n) is 1.65. The minimum atomic E-state index is -0.236. The van der Waals surface area contributed by atoms with Crippen LogP contribution in [0.5, 0.6) is 0 Å². The molecule has 5 heteroatoms. The van der Waals surface area contributed by atoms with Crippen LogP contribution in [0.4, 0.5) is 15.9 Å². The van der Waals surface area contributed by atoms with Crippen molar-refractivity contribution < 1.29 is 4.39 Å². The van der Waals surface area contributed by atoms with Gasteiger partial charge in [0.1, 0.15) is 11.6 Å². The summed E-state index contributed by atoms with van der Waals surface area (Å²) in [6.07, 6.45) is 3.34. The van der Waals surface area contributed by atoms with Crippen molar-refractivity contribution >= 4 is 11.5 Å². The van der Waals surface area contributed by atoms with Gasteiger partial charge in [-0.2, -0.15) is 0 Å². The molecule has 0 saturated carbocycles. The highest BCUT2D eigenvalue weighted by atomic mass is 19.1. The molecule has 1 aromatic heterocycles. The lowest BCUT2D eigenvalue weighted by atomic mass is 10.2. The molecule has 0 unspecified atom stereocenters. The normalized spacial score (nSPS) is 10.2. The SMILES string of the molecule is CNc1cnc(CN(C)c2ccccc2F)cn1. The maximum absolute atomic E-state index is 13.6. The highest BCUT2D eigenvalue weighted by Crippen LogP contribution is 2.18. The fourth-order valence-corrected chi connectivity index (χ4v) is 1.65. The Morgan fingerprint density at radius 3 is 2.61 bits per heavy atom.